The average Bonchev–Trinajstić information content (AvgIpc) is 2.52. The van der Waals surface area contributed by atoms with E-state index in [9.17, 15) is 0 Å². The normalized spacial score (nSPS) is 9.64. The Hall–Kier alpha value is -2.00. The Morgan fingerprint density at radius 3 is 1.86 bits per heavy atom. The van der Waals surface area contributed by atoms with E-state index in [1.54, 1.807) is 14.2 Å². The van der Waals surface area contributed by atoms with Crippen molar-refractivity contribution in [3.63, 3.8) is 0 Å². The summed E-state index contributed by atoms with van der Waals surface area (Å²) in [6.45, 7) is 5.58. The third-order valence-corrected chi connectivity index (χ3v) is 2.98. The first kappa shape index (κ1) is 18.1. The predicted molar refractivity (Wildman–Crippen MR) is 90.9 cm³/mol. The molecule has 0 bridgehead atoms. The van der Waals surface area contributed by atoms with Crippen molar-refractivity contribution in [3.05, 3.63) is 59.7 Å². The van der Waals surface area contributed by atoms with Gasteiger partial charge in [-0.3, -0.25) is 0 Å². The van der Waals surface area contributed by atoms with Gasteiger partial charge in [0, 0.05) is 20.1 Å². The van der Waals surface area contributed by atoms with Gasteiger partial charge >= 0.3 is 0 Å². The average molecular weight is 302 g/mol. The molecule has 0 heterocycles. The van der Waals surface area contributed by atoms with Crippen LogP contribution in [0.4, 0.5) is 0 Å². The molecule has 0 aliphatic rings. The van der Waals surface area contributed by atoms with Crippen LogP contribution in [0.3, 0.4) is 0 Å². The van der Waals surface area contributed by atoms with Crippen LogP contribution in [0, 0.1) is 13.8 Å². The summed E-state index contributed by atoms with van der Waals surface area (Å²) in [6.07, 6.45) is 0.935. The van der Waals surface area contributed by atoms with E-state index in [-0.39, 0.29) is 0 Å². The third kappa shape index (κ3) is 7.70. The molecule has 0 unspecified atom stereocenters. The summed E-state index contributed by atoms with van der Waals surface area (Å²) in [6, 6.07) is 16.0. The molecule has 0 atom stereocenters. The van der Waals surface area contributed by atoms with Gasteiger partial charge in [0.15, 0.2) is 0 Å². The highest BCUT2D eigenvalue weighted by Gasteiger charge is 1.93. The molecule has 2 aromatic carbocycles. The van der Waals surface area contributed by atoms with Crippen molar-refractivity contribution in [1.29, 1.82) is 0 Å². The maximum atomic E-state index is 5.51. The highest BCUT2D eigenvalue weighted by atomic mass is 16.5. The molecular weight excluding hydrogens is 276 g/mol. The lowest BCUT2D eigenvalue weighted by Crippen LogP contribution is -2.01. The number of ether oxygens (including phenoxy) is 3. The minimum absolute atomic E-state index is 0.720. The molecular formula is C19H26O3. The van der Waals surface area contributed by atoms with Gasteiger partial charge in [0.05, 0.1) is 13.7 Å². The summed E-state index contributed by atoms with van der Waals surface area (Å²) < 4.78 is 15.4. The van der Waals surface area contributed by atoms with Crippen molar-refractivity contribution in [1.82, 2.24) is 0 Å². The van der Waals surface area contributed by atoms with E-state index < -0.39 is 0 Å². The summed E-state index contributed by atoms with van der Waals surface area (Å²) >= 11 is 0. The third-order valence-electron chi connectivity index (χ3n) is 2.98. The first-order chi connectivity index (χ1) is 10.7. The zero-order chi connectivity index (χ0) is 16.2. The monoisotopic (exact) mass is 302 g/mol. The van der Waals surface area contributed by atoms with Crippen LogP contribution >= 0.6 is 0 Å². The minimum atomic E-state index is 0.720. The summed E-state index contributed by atoms with van der Waals surface area (Å²) in [5.41, 5.74) is 2.46. The van der Waals surface area contributed by atoms with Gasteiger partial charge in [0.2, 0.25) is 0 Å². The number of methoxy groups -OCH3 is 2. The second-order valence-electron chi connectivity index (χ2n) is 5.03. The quantitative estimate of drug-likeness (QED) is 0.740. The van der Waals surface area contributed by atoms with Gasteiger partial charge < -0.3 is 14.2 Å². The standard InChI is InChI=1S/C11H16O2.C8H10O/c1-10-5-3-6-11(9-10)13-8-4-7-12-2;1-7-4-3-5-8(6-7)9-2/h3,5-6,9H,4,7-8H2,1-2H3;3-6H,1-2H3. The molecule has 0 saturated heterocycles. The lowest BCUT2D eigenvalue weighted by Gasteiger charge is -2.05. The van der Waals surface area contributed by atoms with Gasteiger partial charge in [-0.2, -0.15) is 0 Å². The second kappa shape index (κ2) is 10.7. The molecule has 22 heavy (non-hydrogen) atoms. The SMILES string of the molecule is COCCCOc1cccc(C)c1.COc1cccc(C)c1. The molecule has 0 aromatic heterocycles. The summed E-state index contributed by atoms with van der Waals surface area (Å²) in [5.74, 6) is 1.87. The van der Waals surface area contributed by atoms with Gasteiger partial charge in [-0.05, 0) is 49.2 Å². The highest BCUT2D eigenvalue weighted by Crippen LogP contribution is 2.12. The van der Waals surface area contributed by atoms with E-state index in [4.69, 9.17) is 14.2 Å². The molecule has 0 aliphatic heterocycles. The van der Waals surface area contributed by atoms with Crippen molar-refractivity contribution in [2.75, 3.05) is 27.4 Å². The molecule has 3 nitrogen and oxygen atoms in total. The molecule has 120 valence electrons. The van der Waals surface area contributed by atoms with E-state index in [0.717, 1.165) is 31.1 Å². The fourth-order valence-electron chi connectivity index (χ4n) is 1.84. The van der Waals surface area contributed by atoms with Crippen LogP contribution in [0.15, 0.2) is 48.5 Å². The Balaban J connectivity index is 0.000000235. The van der Waals surface area contributed by atoms with E-state index in [0.29, 0.717) is 0 Å². The Bertz CT molecular complexity index is 538. The maximum absolute atomic E-state index is 5.51. The highest BCUT2D eigenvalue weighted by molar-refractivity contribution is 5.27. The van der Waals surface area contributed by atoms with Crippen molar-refractivity contribution in [2.45, 2.75) is 20.3 Å². The van der Waals surface area contributed by atoms with Crippen LogP contribution in [0.25, 0.3) is 0 Å². The van der Waals surface area contributed by atoms with Crippen molar-refractivity contribution >= 4 is 0 Å². The fourth-order valence-corrected chi connectivity index (χ4v) is 1.84. The Kier molecular flexibility index (Phi) is 8.77. The maximum Gasteiger partial charge on any atom is 0.119 e. The van der Waals surface area contributed by atoms with Crippen LogP contribution in [0.1, 0.15) is 17.5 Å². The zero-order valence-corrected chi connectivity index (χ0v) is 14.0. The van der Waals surface area contributed by atoms with Gasteiger partial charge in [-0.15, -0.1) is 0 Å². The van der Waals surface area contributed by atoms with Crippen LogP contribution in [0.2, 0.25) is 0 Å². The van der Waals surface area contributed by atoms with Gasteiger partial charge in [0.1, 0.15) is 11.5 Å². The van der Waals surface area contributed by atoms with Crippen LogP contribution in [-0.2, 0) is 4.74 Å². The Labute approximate surface area is 133 Å². The summed E-state index contributed by atoms with van der Waals surface area (Å²) in [7, 11) is 3.38. The van der Waals surface area contributed by atoms with Crippen LogP contribution in [0.5, 0.6) is 11.5 Å². The lowest BCUT2D eigenvalue weighted by molar-refractivity contribution is 0.172. The second-order valence-corrected chi connectivity index (χ2v) is 5.03. The molecule has 0 aliphatic carbocycles. The molecule has 3 heteroatoms. The Morgan fingerprint density at radius 1 is 0.773 bits per heavy atom. The molecule has 0 amide bonds. The van der Waals surface area contributed by atoms with E-state index in [1.807, 2.05) is 49.4 Å². The minimum Gasteiger partial charge on any atom is -0.497 e. The molecule has 0 fully saturated rings. The lowest BCUT2D eigenvalue weighted by atomic mass is 10.2. The number of aryl methyl sites for hydroxylation is 2. The van der Waals surface area contributed by atoms with E-state index in [2.05, 4.69) is 13.0 Å². The smallest absolute Gasteiger partial charge is 0.119 e. The van der Waals surface area contributed by atoms with E-state index in [1.165, 1.54) is 11.1 Å². The molecule has 0 radical (unpaired) electrons. The van der Waals surface area contributed by atoms with E-state index >= 15 is 0 Å². The molecule has 0 spiro atoms. The first-order valence-corrected chi connectivity index (χ1v) is 7.44. The number of benzene rings is 2. The Morgan fingerprint density at radius 2 is 1.36 bits per heavy atom. The van der Waals surface area contributed by atoms with Crippen molar-refractivity contribution < 1.29 is 14.2 Å². The van der Waals surface area contributed by atoms with Gasteiger partial charge in [0.25, 0.3) is 0 Å². The van der Waals surface area contributed by atoms with Crippen molar-refractivity contribution in [3.8, 4) is 11.5 Å². The summed E-state index contributed by atoms with van der Waals surface area (Å²) in [5, 5.41) is 0. The fraction of sp³-hybridized carbons (Fsp3) is 0.368. The summed E-state index contributed by atoms with van der Waals surface area (Å²) in [4.78, 5) is 0. The van der Waals surface area contributed by atoms with Crippen LogP contribution in [-0.4, -0.2) is 27.4 Å². The van der Waals surface area contributed by atoms with Crippen molar-refractivity contribution in [2.24, 2.45) is 0 Å². The largest absolute Gasteiger partial charge is 0.497 e. The topological polar surface area (TPSA) is 27.7 Å². The number of hydrogen-bond donors (Lipinski definition) is 0. The molecule has 2 aromatic rings. The molecule has 2 rings (SSSR count). The van der Waals surface area contributed by atoms with Gasteiger partial charge in [-0.25, -0.2) is 0 Å². The molecule has 0 N–H and O–H groups in total. The number of rotatable bonds is 6. The molecule has 0 saturated carbocycles. The van der Waals surface area contributed by atoms with Gasteiger partial charge in [-0.1, -0.05) is 24.3 Å². The van der Waals surface area contributed by atoms with Crippen LogP contribution < -0.4 is 9.47 Å². The predicted octanol–water partition coefficient (Wildman–Crippen LogP) is 4.41. The zero-order valence-electron chi connectivity index (χ0n) is 14.0. The number of hydrogen-bond acceptors (Lipinski definition) is 3. The first-order valence-electron chi connectivity index (χ1n) is 7.44.